The van der Waals surface area contributed by atoms with Gasteiger partial charge in [0.25, 0.3) is 0 Å². The van der Waals surface area contributed by atoms with Crippen molar-refractivity contribution in [3.05, 3.63) is 69.9 Å². The lowest BCUT2D eigenvalue weighted by Gasteiger charge is -2.41. The van der Waals surface area contributed by atoms with Crippen LogP contribution in [0.15, 0.2) is 79.9 Å². The molecule has 4 unspecified atom stereocenters. The van der Waals surface area contributed by atoms with Crippen LogP contribution in [0.4, 0.5) is 34.1 Å². The number of benzene rings is 1. The second-order valence-corrected chi connectivity index (χ2v) is 10.0. The van der Waals surface area contributed by atoms with Crippen LogP contribution in [0.25, 0.3) is 0 Å². The van der Waals surface area contributed by atoms with Gasteiger partial charge in [0, 0.05) is 11.8 Å². The van der Waals surface area contributed by atoms with E-state index in [1.165, 1.54) is 0 Å². The monoisotopic (exact) mass is 544 g/mol. The zero-order valence-electron chi connectivity index (χ0n) is 21.5. The Kier molecular flexibility index (Phi) is 5.18. The summed E-state index contributed by atoms with van der Waals surface area (Å²) in [4.78, 5) is 9.88. The summed E-state index contributed by atoms with van der Waals surface area (Å²) in [5, 5.41) is 69.8. The summed E-state index contributed by atoms with van der Waals surface area (Å²) in [6.45, 7) is 0. The molecular weight excluding hydrogens is 528 g/mol. The van der Waals surface area contributed by atoms with Gasteiger partial charge in [-0.25, -0.2) is 9.98 Å². The number of hydrogen-bond donors (Lipinski definition) is 5. The third-order valence-corrected chi connectivity index (χ3v) is 7.78. The number of nitrogens with zero attached hydrogens (tertiary/aromatic N) is 7. The molecule has 0 spiro atoms. The number of aliphatic imine (C=N–C) groups is 2. The zero-order valence-corrected chi connectivity index (χ0v) is 21.5. The second-order valence-electron chi connectivity index (χ2n) is 10.0. The van der Waals surface area contributed by atoms with Gasteiger partial charge in [-0.05, 0) is 36.5 Å². The summed E-state index contributed by atoms with van der Waals surface area (Å²) < 4.78 is 0. The van der Waals surface area contributed by atoms with Gasteiger partial charge in [0.1, 0.15) is 35.7 Å². The van der Waals surface area contributed by atoms with Crippen LogP contribution in [-0.2, 0) is 0 Å². The fourth-order valence-corrected chi connectivity index (χ4v) is 5.80. The van der Waals surface area contributed by atoms with E-state index in [9.17, 15) is 26.3 Å². The van der Waals surface area contributed by atoms with E-state index in [4.69, 9.17) is 15.4 Å². The maximum Gasteiger partial charge on any atom is 0.117 e. The number of anilines is 4. The van der Waals surface area contributed by atoms with Crippen molar-refractivity contribution < 1.29 is 0 Å². The van der Waals surface area contributed by atoms with Crippen molar-refractivity contribution in [2.24, 2.45) is 9.98 Å². The lowest BCUT2D eigenvalue weighted by Crippen LogP contribution is -2.44. The van der Waals surface area contributed by atoms with Crippen LogP contribution in [0.1, 0.15) is 0 Å². The molecule has 0 radical (unpaired) electrons. The summed E-state index contributed by atoms with van der Waals surface area (Å²) >= 11 is 0. The molecule has 0 amide bonds. The molecule has 12 heteroatoms. The highest BCUT2D eigenvalue weighted by molar-refractivity contribution is 6.20. The standard InChI is InChI=1S/C30H16N12/c31-7-13-1-19-20(2-14(13)8-32)38-26-25(37-19)27-29(41-22-4-16(10-34)15(9-33)3-21(22)39-27)30-28(26)40-23-5-17(11-35)18(12-36)6-24(23)42-30/h1-7,20,22-24,31,38,40-42H. The third-order valence-electron chi connectivity index (χ3n) is 7.78. The molecule has 5 N–H and O–H groups in total. The van der Waals surface area contributed by atoms with Crippen molar-refractivity contribution in [2.75, 3.05) is 21.3 Å². The van der Waals surface area contributed by atoms with Crippen molar-refractivity contribution in [1.29, 1.82) is 31.7 Å². The Morgan fingerprint density at radius 1 is 0.571 bits per heavy atom. The predicted octanol–water partition coefficient (Wildman–Crippen LogP) is 3.86. The molecule has 4 atom stereocenters. The van der Waals surface area contributed by atoms with Gasteiger partial charge >= 0.3 is 0 Å². The number of rotatable bonds is 1. The molecule has 3 aliphatic carbocycles. The minimum absolute atomic E-state index is 0.216. The first-order chi connectivity index (χ1) is 20.5. The Balaban J connectivity index is 1.46. The second kappa shape index (κ2) is 8.93. The molecule has 196 valence electrons. The number of nitrogens with one attached hydrogen (secondary N) is 5. The molecule has 0 saturated carbocycles. The zero-order chi connectivity index (χ0) is 29.1. The Hall–Kier alpha value is -6.68. The summed E-state index contributed by atoms with van der Waals surface area (Å²) in [5.41, 5.74) is 6.48. The first kappa shape index (κ1) is 24.4. The minimum Gasteiger partial charge on any atom is -0.373 e. The van der Waals surface area contributed by atoms with Gasteiger partial charge in [-0.1, -0.05) is 0 Å². The van der Waals surface area contributed by atoms with Gasteiger partial charge < -0.3 is 26.7 Å². The highest BCUT2D eigenvalue weighted by atomic mass is 15.2. The number of fused-ring (bicyclic) bond motifs is 9. The average Bonchev–Trinajstić information content (AvgIpc) is 3.03. The average molecular weight is 545 g/mol. The van der Waals surface area contributed by atoms with Crippen molar-refractivity contribution in [3.63, 3.8) is 0 Å². The van der Waals surface area contributed by atoms with Gasteiger partial charge in [0.2, 0.25) is 0 Å². The van der Waals surface area contributed by atoms with E-state index in [2.05, 4.69) is 51.6 Å². The molecule has 3 aliphatic heterocycles. The summed E-state index contributed by atoms with van der Waals surface area (Å²) in [7, 11) is 0. The quantitative estimate of drug-likeness (QED) is 0.324. The SMILES string of the molecule is N#CC1=CC2=Nc3c4c(c5c(c3NC2C=C1C#N)NC1C=C(C#N)C(C#N)=CC1N5)NC1C=C(C#N)C(C=N)=CC1=N4. The Morgan fingerprint density at radius 3 is 1.50 bits per heavy atom. The van der Waals surface area contributed by atoms with E-state index in [1.54, 1.807) is 36.5 Å². The molecule has 0 fully saturated rings. The molecule has 7 rings (SSSR count). The highest BCUT2D eigenvalue weighted by Crippen LogP contribution is 2.57. The number of hydrogen-bond acceptors (Lipinski definition) is 12. The molecule has 0 saturated heterocycles. The topological polar surface area (TPSA) is 216 Å². The van der Waals surface area contributed by atoms with E-state index in [1.807, 2.05) is 0 Å². The molecule has 3 heterocycles. The molecule has 1 aromatic carbocycles. The van der Waals surface area contributed by atoms with Crippen LogP contribution in [0.5, 0.6) is 0 Å². The Morgan fingerprint density at radius 2 is 1.02 bits per heavy atom. The smallest absolute Gasteiger partial charge is 0.117 e. The fraction of sp³-hybridized carbons (Fsp3) is 0.133. The summed E-state index contributed by atoms with van der Waals surface area (Å²) in [6.07, 6.45) is 11.2. The Labute approximate surface area is 239 Å². The molecule has 1 aromatic rings. The van der Waals surface area contributed by atoms with Crippen molar-refractivity contribution in [2.45, 2.75) is 24.2 Å². The van der Waals surface area contributed by atoms with Crippen molar-refractivity contribution in [3.8, 4) is 30.3 Å². The van der Waals surface area contributed by atoms with Crippen LogP contribution >= 0.6 is 0 Å². The van der Waals surface area contributed by atoms with Crippen LogP contribution in [0.3, 0.4) is 0 Å². The van der Waals surface area contributed by atoms with Gasteiger partial charge in [-0.15, -0.1) is 0 Å². The predicted molar refractivity (Wildman–Crippen MR) is 156 cm³/mol. The number of allylic oxidation sites excluding steroid dienone is 6. The van der Waals surface area contributed by atoms with Crippen LogP contribution < -0.4 is 21.3 Å². The van der Waals surface area contributed by atoms with Crippen LogP contribution in [0, 0.1) is 62.1 Å². The van der Waals surface area contributed by atoms with Crippen molar-refractivity contribution in [1.82, 2.24) is 0 Å². The fourth-order valence-electron chi connectivity index (χ4n) is 5.80. The molecular formula is C30H16N12. The van der Waals surface area contributed by atoms with E-state index >= 15 is 0 Å². The molecule has 0 aromatic heterocycles. The molecule has 42 heavy (non-hydrogen) atoms. The maximum absolute atomic E-state index is 9.64. The molecule has 0 bridgehead atoms. The first-order valence-corrected chi connectivity index (χ1v) is 12.8. The Bertz CT molecular complexity index is 2030. The number of nitriles is 5. The third kappa shape index (κ3) is 3.39. The molecule has 12 nitrogen and oxygen atoms in total. The van der Waals surface area contributed by atoms with Gasteiger partial charge in [0.15, 0.2) is 0 Å². The lowest BCUT2D eigenvalue weighted by molar-refractivity contribution is 0.757. The summed E-state index contributed by atoms with van der Waals surface area (Å²) in [6, 6.07) is 8.80. The van der Waals surface area contributed by atoms with Crippen LogP contribution in [-0.4, -0.2) is 41.8 Å². The summed E-state index contributed by atoms with van der Waals surface area (Å²) in [5.74, 6) is 0. The molecule has 6 aliphatic rings. The van der Waals surface area contributed by atoms with Gasteiger partial charge in [-0.2, -0.15) is 26.3 Å². The van der Waals surface area contributed by atoms with Crippen molar-refractivity contribution >= 4 is 51.8 Å². The normalized spacial score (nSPS) is 25.1. The largest absolute Gasteiger partial charge is 0.373 e. The first-order valence-electron chi connectivity index (χ1n) is 12.8. The minimum atomic E-state index is -0.482. The lowest BCUT2D eigenvalue weighted by atomic mass is 9.88. The van der Waals surface area contributed by atoms with Gasteiger partial charge in [-0.3, -0.25) is 0 Å². The van der Waals surface area contributed by atoms with E-state index in [0.29, 0.717) is 56.7 Å². The van der Waals surface area contributed by atoms with Crippen LogP contribution in [0.2, 0.25) is 0 Å². The van der Waals surface area contributed by atoms with E-state index < -0.39 is 12.1 Å². The highest BCUT2D eigenvalue weighted by Gasteiger charge is 2.40. The van der Waals surface area contributed by atoms with E-state index in [-0.39, 0.29) is 34.4 Å². The maximum atomic E-state index is 9.64. The van der Waals surface area contributed by atoms with Gasteiger partial charge in [0.05, 0.1) is 92.3 Å². The van der Waals surface area contributed by atoms with E-state index in [0.717, 1.165) is 6.21 Å².